The monoisotopic (exact) mass is 276 g/mol. The van der Waals surface area contributed by atoms with Gasteiger partial charge in [0.15, 0.2) is 5.82 Å². The first-order valence-corrected chi connectivity index (χ1v) is 6.15. The topological polar surface area (TPSA) is 116 Å². The first-order valence-electron chi connectivity index (χ1n) is 6.15. The van der Waals surface area contributed by atoms with Gasteiger partial charge in [0, 0.05) is 5.69 Å². The molecule has 0 radical (unpaired) electrons. The number of hydrogen-bond acceptors (Lipinski definition) is 5. The normalized spacial score (nSPS) is 13.6. The molecular weight excluding hydrogens is 260 g/mol. The average molecular weight is 276 g/mol. The summed E-state index contributed by atoms with van der Waals surface area (Å²) in [4.78, 5) is 11.8. The Balaban J connectivity index is 1.96. The predicted molar refractivity (Wildman–Crippen MR) is 71.8 cm³/mol. The first-order chi connectivity index (χ1) is 9.56. The molecule has 0 saturated carbocycles. The number of hydrogen-bond donors (Lipinski definition) is 4. The number of H-pyrrole nitrogens is 1. The van der Waals surface area contributed by atoms with Crippen LogP contribution in [0.15, 0.2) is 24.3 Å². The van der Waals surface area contributed by atoms with Crippen molar-refractivity contribution in [2.24, 2.45) is 0 Å². The van der Waals surface area contributed by atoms with Crippen LogP contribution in [-0.4, -0.2) is 31.8 Å². The quantitative estimate of drug-likeness (QED) is 0.668. The van der Waals surface area contributed by atoms with E-state index in [0.29, 0.717) is 11.5 Å². The number of nitrogens with one attached hydrogen (secondary N) is 3. The fourth-order valence-electron chi connectivity index (χ4n) is 1.66. The molecule has 2 unspecified atom stereocenters. The van der Waals surface area contributed by atoms with Crippen LogP contribution in [0.4, 0.5) is 10.5 Å². The summed E-state index contributed by atoms with van der Waals surface area (Å²) < 4.78 is 0. The Hall–Kier alpha value is -2.48. The molecule has 2 aromatic rings. The molecule has 2 amide bonds. The Morgan fingerprint density at radius 2 is 2.20 bits per heavy atom. The molecule has 4 N–H and O–H groups in total. The number of aliphatic hydroxyl groups excluding tert-OH is 1. The maximum absolute atomic E-state index is 11.8. The highest BCUT2D eigenvalue weighted by atomic mass is 16.3. The number of aliphatic hydroxyl groups is 1. The van der Waals surface area contributed by atoms with Gasteiger partial charge in [0.25, 0.3) is 0 Å². The zero-order valence-corrected chi connectivity index (χ0v) is 11.2. The van der Waals surface area contributed by atoms with E-state index in [2.05, 4.69) is 31.3 Å². The van der Waals surface area contributed by atoms with Gasteiger partial charge in [-0.1, -0.05) is 17.3 Å². The van der Waals surface area contributed by atoms with Crippen LogP contribution >= 0.6 is 0 Å². The molecule has 1 aromatic heterocycles. The predicted octanol–water partition coefficient (Wildman–Crippen LogP) is 1.14. The summed E-state index contributed by atoms with van der Waals surface area (Å²) in [5, 5.41) is 28.2. The molecule has 8 nitrogen and oxygen atoms in total. The van der Waals surface area contributed by atoms with E-state index in [1.165, 1.54) is 0 Å². The molecule has 1 aromatic carbocycles. The molecular formula is C12H16N6O2. The van der Waals surface area contributed by atoms with E-state index in [1.807, 2.05) is 0 Å². The number of carbonyl (C=O) groups excluding carboxylic acids is 1. The number of aromatic amines is 1. The van der Waals surface area contributed by atoms with Gasteiger partial charge in [0.05, 0.1) is 12.1 Å². The summed E-state index contributed by atoms with van der Waals surface area (Å²) in [6.45, 7) is 3.41. The van der Waals surface area contributed by atoms with E-state index in [0.717, 1.165) is 5.56 Å². The highest BCUT2D eigenvalue weighted by Gasteiger charge is 2.13. The highest BCUT2D eigenvalue weighted by Crippen LogP contribution is 2.17. The van der Waals surface area contributed by atoms with Gasteiger partial charge in [-0.3, -0.25) is 0 Å². The SMILES string of the molecule is CC(O)c1cccc(NC(=O)NC(C)c2nn[nH]n2)c1. The number of tetrazole rings is 1. The van der Waals surface area contributed by atoms with Crippen molar-refractivity contribution in [2.75, 3.05) is 5.32 Å². The third-order valence-electron chi connectivity index (χ3n) is 2.72. The number of anilines is 1. The Bertz CT molecular complexity index is 569. The number of benzene rings is 1. The molecule has 2 atom stereocenters. The molecule has 0 aliphatic heterocycles. The van der Waals surface area contributed by atoms with Gasteiger partial charge in [0.1, 0.15) is 0 Å². The van der Waals surface area contributed by atoms with E-state index >= 15 is 0 Å². The van der Waals surface area contributed by atoms with Crippen LogP contribution in [-0.2, 0) is 0 Å². The van der Waals surface area contributed by atoms with Crippen molar-refractivity contribution < 1.29 is 9.90 Å². The molecule has 0 bridgehead atoms. The van der Waals surface area contributed by atoms with E-state index in [-0.39, 0.29) is 12.1 Å². The Kier molecular flexibility index (Phi) is 4.26. The minimum absolute atomic E-state index is 0.367. The zero-order chi connectivity index (χ0) is 14.5. The van der Waals surface area contributed by atoms with Gasteiger partial charge in [-0.05, 0) is 31.5 Å². The number of carbonyl (C=O) groups is 1. The van der Waals surface area contributed by atoms with Gasteiger partial charge in [-0.2, -0.15) is 5.21 Å². The van der Waals surface area contributed by atoms with Gasteiger partial charge in [-0.25, -0.2) is 4.79 Å². The Morgan fingerprint density at radius 3 is 2.85 bits per heavy atom. The smallest absolute Gasteiger partial charge is 0.319 e. The number of nitrogens with zero attached hydrogens (tertiary/aromatic N) is 3. The second-order valence-corrected chi connectivity index (χ2v) is 4.39. The maximum Gasteiger partial charge on any atom is 0.319 e. The number of amides is 2. The molecule has 0 aliphatic rings. The van der Waals surface area contributed by atoms with Crippen molar-refractivity contribution >= 4 is 11.7 Å². The fraction of sp³-hybridized carbons (Fsp3) is 0.333. The van der Waals surface area contributed by atoms with Crippen molar-refractivity contribution in [3.8, 4) is 0 Å². The summed E-state index contributed by atoms with van der Waals surface area (Å²) in [7, 11) is 0. The van der Waals surface area contributed by atoms with Crippen LogP contribution in [0.3, 0.4) is 0 Å². The van der Waals surface area contributed by atoms with Gasteiger partial charge in [0.2, 0.25) is 0 Å². The largest absolute Gasteiger partial charge is 0.389 e. The van der Waals surface area contributed by atoms with E-state index in [9.17, 15) is 9.90 Å². The van der Waals surface area contributed by atoms with Crippen molar-refractivity contribution in [1.29, 1.82) is 0 Å². The third-order valence-corrected chi connectivity index (χ3v) is 2.72. The highest BCUT2D eigenvalue weighted by molar-refractivity contribution is 5.89. The molecule has 2 rings (SSSR count). The Morgan fingerprint density at radius 1 is 1.40 bits per heavy atom. The summed E-state index contributed by atoms with van der Waals surface area (Å²) in [6.07, 6.45) is -0.585. The molecule has 8 heteroatoms. The number of rotatable bonds is 4. The molecule has 0 aliphatic carbocycles. The summed E-state index contributed by atoms with van der Waals surface area (Å²) >= 11 is 0. The summed E-state index contributed by atoms with van der Waals surface area (Å²) in [5.74, 6) is 0.401. The molecule has 1 heterocycles. The summed E-state index contributed by atoms with van der Waals surface area (Å²) in [6, 6.07) is 6.25. The number of urea groups is 1. The van der Waals surface area contributed by atoms with Crippen molar-refractivity contribution in [3.63, 3.8) is 0 Å². The zero-order valence-electron chi connectivity index (χ0n) is 11.2. The standard InChI is InChI=1S/C12H16N6O2/c1-7(11-15-17-18-16-11)13-12(20)14-10-5-3-4-9(6-10)8(2)19/h3-8,19H,1-2H3,(H2,13,14,20)(H,15,16,17,18). The molecule has 20 heavy (non-hydrogen) atoms. The van der Waals surface area contributed by atoms with Crippen molar-refractivity contribution in [2.45, 2.75) is 26.0 Å². The van der Waals surface area contributed by atoms with E-state index < -0.39 is 6.10 Å². The molecule has 0 spiro atoms. The molecule has 0 saturated heterocycles. The second kappa shape index (κ2) is 6.11. The van der Waals surface area contributed by atoms with Crippen LogP contribution in [0.2, 0.25) is 0 Å². The van der Waals surface area contributed by atoms with Gasteiger partial charge < -0.3 is 15.7 Å². The second-order valence-electron chi connectivity index (χ2n) is 4.39. The van der Waals surface area contributed by atoms with Gasteiger partial charge in [-0.15, -0.1) is 10.2 Å². The minimum Gasteiger partial charge on any atom is -0.389 e. The minimum atomic E-state index is -0.585. The van der Waals surface area contributed by atoms with Crippen LogP contribution in [0.5, 0.6) is 0 Å². The van der Waals surface area contributed by atoms with E-state index in [4.69, 9.17) is 0 Å². The lowest BCUT2D eigenvalue weighted by molar-refractivity contribution is 0.199. The summed E-state index contributed by atoms with van der Waals surface area (Å²) in [5.41, 5.74) is 1.33. The Labute approximate surface area is 115 Å². The van der Waals surface area contributed by atoms with E-state index in [1.54, 1.807) is 38.1 Å². The number of aromatic nitrogens is 4. The lowest BCUT2D eigenvalue weighted by Gasteiger charge is -2.12. The maximum atomic E-state index is 11.8. The first kappa shape index (κ1) is 13.9. The molecule has 106 valence electrons. The van der Waals surface area contributed by atoms with Crippen LogP contribution in [0.25, 0.3) is 0 Å². The van der Waals surface area contributed by atoms with Crippen LogP contribution in [0.1, 0.15) is 37.4 Å². The van der Waals surface area contributed by atoms with Crippen LogP contribution in [0, 0.1) is 0 Å². The van der Waals surface area contributed by atoms with Crippen molar-refractivity contribution in [1.82, 2.24) is 25.9 Å². The average Bonchev–Trinajstić information content (AvgIpc) is 2.92. The fourth-order valence-corrected chi connectivity index (χ4v) is 1.66. The van der Waals surface area contributed by atoms with Crippen molar-refractivity contribution in [3.05, 3.63) is 35.7 Å². The lowest BCUT2D eigenvalue weighted by Crippen LogP contribution is -2.31. The van der Waals surface area contributed by atoms with Gasteiger partial charge >= 0.3 is 6.03 Å². The third kappa shape index (κ3) is 3.51. The molecule has 0 fully saturated rings. The van der Waals surface area contributed by atoms with Crippen LogP contribution < -0.4 is 10.6 Å². The lowest BCUT2D eigenvalue weighted by atomic mass is 10.1.